The van der Waals surface area contributed by atoms with E-state index in [4.69, 9.17) is 5.73 Å². The molecule has 0 aliphatic carbocycles. The molecule has 18 heavy (non-hydrogen) atoms. The van der Waals surface area contributed by atoms with Crippen LogP contribution in [0.4, 0.5) is 5.13 Å². The van der Waals surface area contributed by atoms with Gasteiger partial charge in [-0.25, -0.2) is 4.98 Å². The fourth-order valence-electron chi connectivity index (χ4n) is 1.33. The molecule has 98 valence electrons. The van der Waals surface area contributed by atoms with Crippen LogP contribution in [0.5, 0.6) is 0 Å². The molecule has 0 aliphatic rings. The van der Waals surface area contributed by atoms with Gasteiger partial charge in [0.05, 0.1) is 11.9 Å². The summed E-state index contributed by atoms with van der Waals surface area (Å²) in [5.41, 5.74) is 6.32. The monoisotopic (exact) mass is 287 g/mol. The largest absolute Gasteiger partial charge is 0.323 e. The van der Waals surface area contributed by atoms with Crippen molar-refractivity contribution in [1.82, 2.24) is 14.8 Å². The number of sulfonamides is 1. The Morgan fingerprint density at radius 2 is 2.28 bits per heavy atom. The second kappa shape index (κ2) is 4.67. The van der Waals surface area contributed by atoms with Gasteiger partial charge in [0.1, 0.15) is 0 Å². The van der Waals surface area contributed by atoms with Gasteiger partial charge < -0.3 is 5.73 Å². The lowest BCUT2D eigenvalue weighted by Crippen LogP contribution is -2.16. The third kappa shape index (κ3) is 2.52. The molecule has 2 aromatic heterocycles. The zero-order valence-electron chi connectivity index (χ0n) is 9.86. The third-order valence-corrected chi connectivity index (χ3v) is 4.58. The molecule has 0 fully saturated rings. The summed E-state index contributed by atoms with van der Waals surface area (Å²) in [6.45, 7) is 1.79. The summed E-state index contributed by atoms with van der Waals surface area (Å²) in [6.07, 6.45) is 1.42. The maximum Gasteiger partial charge on any atom is 0.280 e. The molecule has 2 rings (SSSR count). The highest BCUT2D eigenvalue weighted by atomic mass is 32.2. The van der Waals surface area contributed by atoms with Crippen molar-refractivity contribution in [3.05, 3.63) is 23.3 Å². The number of nitrogens with zero attached hydrogens (tertiary/aromatic N) is 3. The summed E-state index contributed by atoms with van der Waals surface area (Å²) in [7, 11) is -2.10. The van der Waals surface area contributed by atoms with Gasteiger partial charge in [-0.3, -0.25) is 9.40 Å². The molecule has 0 saturated heterocycles. The molecule has 0 saturated carbocycles. The highest BCUT2D eigenvalue weighted by molar-refractivity contribution is 7.92. The van der Waals surface area contributed by atoms with Crippen LogP contribution in [-0.2, 0) is 17.1 Å². The molecular formula is C9H13N5O2S2. The van der Waals surface area contributed by atoms with Gasteiger partial charge in [-0.1, -0.05) is 0 Å². The number of hydrogen-bond donors (Lipinski definition) is 2. The first-order chi connectivity index (χ1) is 8.40. The van der Waals surface area contributed by atoms with Gasteiger partial charge >= 0.3 is 0 Å². The second-order valence-electron chi connectivity index (χ2n) is 3.76. The molecule has 9 heteroatoms. The molecular weight excluding hydrogens is 274 g/mol. The summed E-state index contributed by atoms with van der Waals surface area (Å²) in [4.78, 5) is 4.11. The smallest absolute Gasteiger partial charge is 0.280 e. The van der Waals surface area contributed by atoms with E-state index in [0.29, 0.717) is 10.8 Å². The Bertz CT molecular complexity index is 643. The summed E-state index contributed by atoms with van der Waals surface area (Å²) in [6, 6.07) is 1.19. The van der Waals surface area contributed by atoms with E-state index >= 15 is 0 Å². The Labute approximate surface area is 109 Å². The molecule has 0 aromatic carbocycles. The maximum atomic E-state index is 12.0. The van der Waals surface area contributed by atoms with Crippen molar-refractivity contribution < 1.29 is 8.42 Å². The van der Waals surface area contributed by atoms with E-state index in [9.17, 15) is 8.42 Å². The number of nitrogens with two attached hydrogens (primary N) is 1. The van der Waals surface area contributed by atoms with Crippen LogP contribution in [0, 0.1) is 0 Å². The summed E-state index contributed by atoms with van der Waals surface area (Å²) in [5.74, 6) is 0. The predicted molar refractivity (Wildman–Crippen MR) is 68.7 cm³/mol. The maximum absolute atomic E-state index is 12.0. The molecule has 0 aliphatic heterocycles. The number of rotatable bonds is 4. The first kappa shape index (κ1) is 13.0. The molecule has 1 atom stereocenters. The van der Waals surface area contributed by atoms with E-state index < -0.39 is 10.0 Å². The molecule has 2 aromatic rings. The number of anilines is 1. The SMILES string of the molecule is CC(N)c1csc(NS(=O)(=O)c2ccnn2C)n1. The highest BCUT2D eigenvalue weighted by Crippen LogP contribution is 2.22. The molecule has 0 radical (unpaired) electrons. The summed E-state index contributed by atoms with van der Waals surface area (Å²) >= 11 is 1.20. The van der Waals surface area contributed by atoms with Gasteiger partial charge in [0.25, 0.3) is 10.0 Å². The van der Waals surface area contributed by atoms with Crippen LogP contribution >= 0.6 is 11.3 Å². The number of aryl methyl sites for hydroxylation is 1. The zero-order valence-corrected chi connectivity index (χ0v) is 11.5. The molecule has 0 amide bonds. The van der Waals surface area contributed by atoms with E-state index in [0.717, 1.165) is 0 Å². The van der Waals surface area contributed by atoms with Crippen molar-refractivity contribution in [3.63, 3.8) is 0 Å². The third-order valence-electron chi connectivity index (χ3n) is 2.26. The Morgan fingerprint density at radius 3 is 2.78 bits per heavy atom. The van der Waals surface area contributed by atoms with Gasteiger partial charge in [0, 0.05) is 18.5 Å². The quantitative estimate of drug-likeness (QED) is 0.861. The number of hydrogen-bond acceptors (Lipinski definition) is 6. The van der Waals surface area contributed by atoms with Crippen LogP contribution in [0.2, 0.25) is 0 Å². The van der Waals surface area contributed by atoms with Crippen molar-refractivity contribution in [2.75, 3.05) is 4.72 Å². The van der Waals surface area contributed by atoms with Crippen LogP contribution in [0.25, 0.3) is 0 Å². The minimum atomic E-state index is -3.66. The van der Waals surface area contributed by atoms with Crippen LogP contribution in [0.15, 0.2) is 22.7 Å². The Morgan fingerprint density at radius 1 is 1.56 bits per heavy atom. The highest BCUT2D eigenvalue weighted by Gasteiger charge is 2.19. The average Bonchev–Trinajstić information content (AvgIpc) is 2.86. The van der Waals surface area contributed by atoms with E-state index in [-0.39, 0.29) is 11.1 Å². The van der Waals surface area contributed by atoms with Gasteiger partial charge in [-0.05, 0) is 13.0 Å². The number of thiazole rings is 1. The van der Waals surface area contributed by atoms with Gasteiger partial charge in [-0.2, -0.15) is 13.5 Å². The van der Waals surface area contributed by atoms with Crippen molar-refractivity contribution in [3.8, 4) is 0 Å². The minimum absolute atomic E-state index is 0.0834. The lowest BCUT2D eigenvalue weighted by atomic mass is 10.3. The molecule has 3 N–H and O–H groups in total. The normalized spacial score (nSPS) is 13.5. The van der Waals surface area contributed by atoms with E-state index in [1.165, 1.54) is 28.3 Å². The molecule has 1 unspecified atom stereocenters. The Kier molecular flexibility index (Phi) is 3.37. The molecule has 2 heterocycles. The van der Waals surface area contributed by atoms with Crippen LogP contribution < -0.4 is 10.5 Å². The summed E-state index contributed by atoms with van der Waals surface area (Å²) in [5, 5.41) is 5.92. The van der Waals surface area contributed by atoms with Crippen LogP contribution in [0.3, 0.4) is 0 Å². The Balaban J connectivity index is 2.25. The molecule has 0 bridgehead atoms. The lowest BCUT2D eigenvalue weighted by molar-refractivity contribution is 0.582. The van der Waals surface area contributed by atoms with Gasteiger partial charge in [-0.15, -0.1) is 11.3 Å². The average molecular weight is 287 g/mol. The fourth-order valence-corrected chi connectivity index (χ4v) is 3.53. The van der Waals surface area contributed by atoms with Crippen molar-refractivity contribution in [2.45, 2.75) is 18.0 Å². The second-order valence-corrected chi connectivity index (χ2v) is 6.25. The predicted octanol–water partition coefficient (Wildman–Crippen LogP) is 0.697. The van der Waals surface area contributed by atoms with Crippen molar-refractivity contribution >= 4 is 26.5 Å². The first-order valence-corrected chi connectivity index (χ1v) is 7.48. The van der Waals surface area contributed by atoms with Gasteiger partial charge in [0.2, 0.25) is 0 Å². The van der Waals surface area contributed by atoms with Crippen molar-refractivity contribution in [1.29, 1.82) is 0 Å². The van der Waals surface area contributed by atoms with E-state index in [1.54, 1.807) is 19.4 Å². The lowest BCUT2D eigenvalue weighted by Gasteiger charge is -2.05. The van der Waals surface area contributed by atoms with E-state index in [2.05, 4.69) is 14.8 Å². The topological polar surface area (TPSA) is 103 Å². The van der Waals surface area contributed by atoms with Gasteiger partial charge in [0.15, 0.2) is 10.2 Å². The van der Waals surface area contributed by atoms with Crippen LogP contribution in [-0.4, -0.2) is 23.2 Å². The summed E-state index contributed by atoms with van der Waals surface area (Å²) < 4.78 is 27.7. The molecule has 7 nitrogen and oxygen atoms in total. The minimum Gasteiger partial charge on any atom is -0.323 e. The number of nitrogens with one attached hydrogen (secondary N) is 1. The van der Waals surface area contributed by atoms with Crippen LogP contribution in [0.1, 0.15) is 18.7 Å². The fraction of sp³-hybridized carbons (Fsp3) is 0.333. The first-order valence-electron chi connectivity index (χ1n) is 5.12. The van der Waals surface area contributed by atoms with E-state index in [1.807, 2.05) is 0 Å². The van der Waals surface area contributed by atoms with Crippen molar-refractivity contribution in [2.24, 2.45) is 12.8 Å². The number of aromatic nitrogens is 3. The standard InChI is InChI=1S/C9H13N5O2S2/c1-6(10)7-5-17-9(12-7)13-18(15,16)8-3-4-11-14(8)2/h3-6H,10H2,1-2H3,(H,12,13). The zero-order chi connectivity index (χ0) is 13.3. The Hall–Kier alpha value is -1.45. The molecule has 0 spiro atoms.